The Hall–Kier alpha value is -2.16. The van der Waals surface area contributed by atoms with Crippen LogP contribution < -0.4 is 19.9 Å². The summed E-state index contributed by atoms with van der Waals surface area (Å²) in [5.74, 6) is 0.485. The Morgan fingerprint density at radius 3 is 2.63 bits per heavy atom. The van der Waals surface area contributed by atoms with Gasteiger partial charge in [-0.15, -0.1) is 0 Å². The number of nitrogens with two attached hydrogens (primary N) is 1. The van der Waals surface area contributed by atoms with E-state index < -0.39 is 16.3 Å². The Balaban J connectivity index is 2.81. The molecule has 0 aliphatic heterocycles. The van der Waals surface area contributed by atoms with E-state index in [1.807, 2.05) is 0 Å². The molecule has 0 aliphatic carbocycles. The van der Waals surface area contributed by atoms with Crippen LogP contribution >= 0.6 is 0 Å². The minimum atomic E-state index is -4.09. The maximum absolute atomic E-state index is 11.6. The van der Waals surface area contributed by atoms with E-state index in [0.717, 1.165) is 0 Å². The van der Waals surface area contributed by atoms with Crippen LogP contribution in [0.3, 0.4) is 0 Å². The lowest BCUT2D eigenvalue weighted by molar-refractivity contribution is 0.159. The fraction of sp³-hybridized carbons (Fsp3) is 0.300. The van der Waals surface area contributed by atoms with Crippen LogP contribution in [0.4, 0.5) is 16.2 Å². The third kappa shape index (κ3) is 4.54. The van der Waals surface area contributed by atoms with Gasteiger partial charge in [-0.1, -0.05) is 0 Å². The van der Waals surface area contributed by atoms with E-state index in [9.17, 15) is 13.2 Å². The van der Waals surface area contributed by atoms with Crippen LogP contribution in [0.25, 0.3) is 0 Å². The molecule has 1 aromatic carbocycles. The fourth-order valence-electron chi connectivity index (χ4n) is 1.20. The van der Waals surface area contributed by atoms with Crippen molar-refractivity contribution in [1.29, 1.82) is 0 Å². The lowest BCUT2D eigenvalue weighted by Gasteiger charge is -2.11. The molecule has 0 bridgehead atoms. The van der Waals surface area contributed by atoms with Gasteiger partial charge in [0.15, 0.2) is 0 Å². The Labute approximate surface area is 111 Å². The SMILES string of the molecule is CCOC(=O)NS(=O)(=O)Nc1ccc(OC)cc1N. The minimum absolute atomic E-state index is 0.0615. The van der Waals surface area contributed by atoms with Gasteiger partial charge in [0.05, 0.1) is 25.1 Å². The second kappa shape index (κ2) is 6.14. The molecular weight excluding hydrogens is 274 g/mol. The van der Waals surface area contributed by atoms with Crippen molar-refractivity contribution in [2.75, 3.05) is 24.2 Å². The van der Waals surface area contributed by atoms with E-state index in [0.29, 0.717) is 5.75 Å². The standard InChI is InChI=1S/C10H15N3O5S/c1-3-18-10(14)13-19(15,16)12-9-5-4-7(17-2)6-8(9)11/h4-6,12H,3,11H2,1-2H3,(H,13,14). The molecule has 9 heteroatoms. The third-order valence-corrected chi connectivity index (χ3v) is 2.92. The van der Waals surface area contributed by atoms with Gasteiger partial charge in [0.1, 0.15) is 5.75 Å². The largest absolute Gasteiger partial charge is 0.497 e. The van der Waals surface area contributed by atoms with Gasteiger partial charge in [0.2, 0.25) is 0 Å². The highest BCUT2D eigenvalue weighted by molar-refractivity contribution is 7.91. The van der Waals surface area contributed by atoms with Crippen molar-refractivity contribution >= 4 is 27.7 Å². The molecule has 0 atom stereocenters. The van der Waals surface area contributed by atoms with E-state index in [-0.39, 0.29) is 18.0 Å². The summed E-state index contributed by atoms with van der Waals surface area (Å²) in [6.45, 7) is 1.62. The zero-order chi connectivity index (χ0) is 14.5. The van der Waals surface area contributed by atoms with Crippen molar-refractivity contribution in [3.05, 3.63) is 18.2 Å². The predicted octanol–water partition coefficient (Wildman–Crippen LogP) is 0.680. The van der Waals surface area contributed by atoms with Gasteiger partial charge in [-0.05, 0) is 19.1 Å². The number of hydrogen-bond donors (Lipinski definition) is 3. The van der Waals surface area contributed by atoms with Crippen molar-refractivity contribution < 1.29 is 22.7 Å². The van der Waals surface area contributed by atoms with Crippen LogP contribution in [0, 0.1) is 0 Å². The number of hydrogen-bond acceptors (Lipinski definition) is 6. The summed E-state index contributed by atoms with van der Waals surface area (Å²) in [4.78, 5) is 11.0. The van der Waals surface area contributed by atoms with Crippen molar-refractivity contribution in [2.24, 2.45) is 0 Å². The first-order valence-electron chi connectivity index (χ1n) is 5.28. The number of anilines is 2. The topological polar surface area (TPSA) is 120 Å². The second-order valence-electron chi connectivity index (χ2n) is 3.38. The zero-order valence-corrected chi connectivity index (χ0v) is 11.3. The monoisotopic (exact) mass is 289 g/mol. The van der Waals surface area contributed by atoms with Crippen LogP contribution in [-0.2, 0) is 14.9 Å². The summed E-state index contributed by atoms with van der Waals surface area (Å²) >= 11 is 0. The van der Waals surface area contributed by atoms with Crippen LogP contribution in [0.1, 0.15) is 6.92 Å². The number of amides is 1. The number of ether oxygens (including phenoxy) is 2. The summed E-state index contributed by atoms with van der Waals surface area (Å²) in [6, 6.07) is 4.39. The molecule has 4 N–H and O–H groups in total. The Bertz CT molecular complexity index is 558. The van der Waals surface area contributed by atoms with Gasteiger partial charge in [-0.25, -0.2) is 9.52 Å². The first-order valence-corrected chi connectivity index (χ1v) is 6.77. The lowest BCUT2D eigenvalue weighted by Crippen LogP contribution is -2.35. The number of benzene rings is 1. The summed E-state index contributed by atoms with van der Waals surface area (Å²) in [5, 5.41) is 0. The molecule has 0 aliphatic rings. The van der Waals surface area contributed by atoms with Crippen LogP contribution in [-0.4, -0.2) is 28.2 Å². The van der Waals surface area contributed by atoms with E-state index in [1.54, 1.807) is 11.6 Å². The van der Waals surface area contributed by atoms with Crippen LogP contribution in [0.2, 0.25) is 0 Å². The molecule has 0 unspecified atom stereocenters. The number of methoxy groups -OCH3 is 1. The molecule has 0 radical (unpaired) electrons. The summed E-state index contributed by atoms with van der Waals surface area (Å²) in [7, 11) is -2.63. The maximum atomic E-state index is 11.6. The number of nitrogen functional groups attached to an aromatic ring is 1. The minimum Gasteiger partial charge on any atom is -0.497 e. The highest BCUT2D eigenvalue weighted by Crippen LogP contribution is 2.24. The van der Waals surface area contributed by atoms with Crippen molar-refractivity contribution in [1.82, 2.24) is 4.72 Å². The van der Waals surface area contributed by atoms with E-state index in [2.05, 4.69) is 9.46 Å². The van der Waals surface area contributed by atoms with Gasteiger partial charge in [0.25, 0.3) is 0 Å². The molecule has 0 saturated carbocycles. The first-order chi connectivity index (χ1) is 8.88. The van der Waals surface area contributed by atoms with E-state index in [4.69, 9.17) is 10.5 Å². The smallest absolute Gasteiger partial charge is 0.422 e. The van der Waals surface area contributed by atoms with Gasteiger partial charge >= 0.3 is 16.3 Å². The zero-order valence-electron chi connectivity index (χ0n) is 10.5. The average Bonchev–Trinajstić information content (AvgIpc) is 2.31. The normalized spacial score (nSPS) is 10.6. The van der Waals surface area contributed by atoms with E-state index >= 15 is 0 Å². The molecule has 0 aromatic heterocycles. The second-order valence-corrected chi connectivity index (χ2v) is 4.80. The molecular formula is C10H15N3O5S. The molecule has 19 heavy (non-hydrogen) atoms. The van der Waals surface area contributed by atoms with Gasteiger partial charge in [-0.2, -0.15) is 8.42 Å². The quantitative estimate of drug-likeness (QED) is 0.686. The molecule has 0 heterocycles. The summed E-state index contributed by atoms with van der Waals surface area (Å²) in [5.41, 5.74) is 5.93. The summed E-state index contributed by atoms with van der Waals surface area (Å²) in [6.07, 6.45) is -1.07. The molecule has 8 nitrogen and oxygen atoms in total. The predicted molar refractivity (Wildman–Crippen MR) is 70.1 cm³/mol. The molecule has 1 rings (SSSR count). The van der Waals surface area contributed by atoms with Crippen molar-refractivity contribution in [3.63, 3.8) is 0 Å². The van der Waals surface area contributed by atoms with Gasteiger partial charge in [0, 0.05) is 6.07 Å². The summed E-state index contributed by atoms with van der Waals surface area (Å²) < 4.78 is 36.3. The molecule has 1 amide bonds. The van der Waals surface area contributed by atoms with E-state index in [1.165, 1.54) is 25.3 Å². The molecule has 0 fully saturated rings. The lowest BCUT2D eigenvalue weighted by atomic mass is 10.2. The fourth-order valence-corrected chi connectivity index (χ4v) is 2.01. The number of carbonyl (C=O) groups excluding carboxylic acids is 1. The average molecular weight is 289 g/mol. The molecule has 0 spiro atoms. The number of carbonyl (C=O) groups is 1. The Morgan fingerprint density at radius 2 is 2.11 bits per heavy atom. The van der Waals surface area contributed by atoms with Crippen LogP contribution in [0.15, 0.2) is 18.2 Å². The number of rotatable bonds is 5. The molecule has 1 aromatic rings. The molecule has 0 saturated heterocycles. The van der Waals surface area contributed by atoms with Crippen molar-refractivity contribution in [3.8, 4) is 5.75 Å². The highest BCUT2D eigenvalue weighted by atomic mass is 32.2. The number of nitrogens with one attached hydrogen (secondary N) is 2. The van der Waals surface area contributed by atoms with Gasteiger partial charge in [-0.3, -0.25) is 4.72 Å². The highest BCUT2D eigenvalue weighted by Gasteiger charge is 2.16. The van der Waals surface area contributed by atoms with Gasteiger partial charge < -0.3 is 15.2 Å². The van der Waals surface area contributed by atoms with Crippen LogP contribution in [0.5, 0.6) is 5.75 Å². The Kier molecular flexibility index (Phi) is 4.81. The maximum Gasteiger partial charge on any atom is 0.422 e. The Morgan fingerprint density at radius 1 is 1.42 bits per heavy atom. The first kappa shape index (κ1) is 14.9. The van der Waals surface area contributed by atoms with Crippen molar-refractivity contribution in [2.45, 2.75) is 6.92 Å². The molecule has 106 valence electrons. The third-order valence-electron chi connectivity index (χ3n) is 2.00.